The first-order valence-electron chi connectivity index (χ1n) is 5.87. The Morgan fingerprint density at radius 3 is 2.71 bits per heavy atom. The van der Waals surface area contributed by atoms with E-state index in [1.807, 2.05) is 0 Å². The van der Waals surface area contributed by atoms with E-state index >= 15 is 0 Å². The van der Waals surface area contributed by atoms with Crippen LogP contribution >= 0.6 is 11.8 Å². The molecule has 0 saturated carbocycles. The SMILES string of the molecule is CCN(C)CCCNC(=O)CSCCC(N)=O. The Labute approximate surface area is 107 Å². The van der Waals surface area contributed by atoms with E-state index in [0.29, 0.717) is 24.5 Å². The molecule has 0 aromatic heterocycles. The summed E-state index contributed by atoms with van der Waals surface area (Å²) in [7, 11) is 2.06. The summed E-state index contributed by atoms with van der Waals surface area (Å²) in [6.07, 6.45) is 1.29. The number of amides is 2. The van der Waals surface area contributed by atoms with Crippen LogP contribution in [0.2, 0.25) is 0 Å². The fourth-order valence-corrected chi connectivity index (χ4v) is 1.90. The third-order valence-electron chi connectivity index (χ3n) is 2.30. The van der Waals surface area contributed by atoms with Crippen molar-refractivity contribution in [2.75, 3.05) is 38.2 Å². The highest BCUT2D eigenvalue weighted by Crippen LogP contribution is 2.01. The zero-order valence-corrected chi connectivity index (χ0v) is 11.5. The highest BCUT2D eigenvalue weighted by atomic mass is 32.2. The molecule has 0 aliphatic rings. The van der Waals surface area contributed by atoms with E-state index in [9.17, 15) is 9.59 Å². The highest BCUT2D eigenvalue weighted by molar-refractivity contribution is 7.99. The lowest BCUT2D eigenvalue weighted by Crippen LogP contribution is -2.29. The van der Waals surface area contributed by atoms with Gasteiger partial charge in [-0.1, -0.05) is 6.92 Å². The molecule has 0 radical (unpaired) electrons. The van der Waals surface area contributed by atoms with Gasteiger partial charge >= 0.3 is 0 Å². The Kier molecular flexibility index (Phi) is 9.95. The van der Waals surface area contributed by atoms with Crippen molar-refractivity contribution in [1.29, 1.82) is 0 Å². The summed E-state index contributed by atoms with van der Waals surface area (Å²) in [4.78, 5) is 24.0. The van der Waals surface area contributed by atoms with Crippen molar-refractivity contribution in [3.8, 4) is 0 Å². The molecule has 100 valence electrons. The van der Waals surface area contributed by atoms with Crippen molar-refractivity contribution in [3.63, 3.8) is 0 Å². The van der Waals surface area contributed by atoms with E-state index in [1.54, 1.807) is 0 Å². The minimum Gasteiger partial charge on any atom is -0.370 e. The molecule has 0 aromatic carbocycles. The minimum atomic E-state index is -0.319. The largest absolute Gasteiger partial charge is 0.370 e. The summed E-state index contributed by atoms with van der Waals surface area (Å²) in [5.41, 5.74) is 4.99. The lowest BCUT2D eigenvalue weighted by molar-refractivity contribution is -0.119. The van der Waals surface area contributed by atoms with Crippen molar-refractivity contribution in [3.05, 3.63) is 0 Å². The average molecular weight is 261 g/mol. The zero-order chi connectivity index (χ0) is 13.1. The van der Waals surface area contributed by atoms with E-state index in [2.05, 4.69) is 24.2 Å². The maximum Gasteiger partial charge on any atom is 0.229 e. The van der Waals surface area contributed by atoms with Crippen LogP contribution in [-0.2, 0) is 9.59 Å². The van der Waals surface area contributed by atoms with Gasteiger partial charge in [0.1, 0.15) is 0 Å². The monoisotopic (exact) mass is 261 g/mol. The van der Waals surface area contributed by atoms with Crippen molar-refractivity contribution in [1.82, 2.24) is 10.2 Å². The van der Waals surface area contributed by atoms with Crippen LogP contribution < -0.4 is 11.1 Å². The number of carbonyl (C=O) groups excluding carboxylic acids is 2. The van der Waals surface area contributed by atoms with Crippen LogP contribution in [-0.4, -0.2) is 54.9 Å². The number of hydrogen-bond donors (Lipinski definition) is 2. The number of thioether (sulfide) groups is 1. The molecule has 0 fully saturated rings. The summed E-state index contributed by atoms with van der Waals surface area (Å²) < 4.78 is 0. The molecule has 2 amide bonds. The molecule has 17 heavy (non-hydrogen) atoms. The maximum absolute atomic E-state index is 11.3. The van der Waals surface area contributed by atoms with E-state index in [4.69, 9.17) is 5.73 Å². The smallest absolute Gasteiger partial charge is 0.229 e. The lowest BCUT2D eigenvalue weighted by atomic mass is 10.4. The van der Waals surface area contributed by atoms with Gasteiger partial charge in [0.05, 0.1) is 5.75 Å². The molecule has 0 aliphatic heterocycles. The lowest BCUT2D eigenvalue weighted by Gasteiger charge is -2.13. The van der Waals surface area contributed by atoms with Gasteiger partial charge in [-0.05, 0) is 26.6 Å². The minimum absolute atomic E-state index is 0.0265. The van der Waals surface area contributed by atoms with Gasteiger partial charge in [0.25, 0.3) is 0 Å². The molecular weight excluding hydrogens is 238 g/mol. The molecule has 0 heterocycles. The van der Waals surface area contributed by atoms with Crippen molar-refractivity contribution in [2.24, 2.45) is 5.73 Å². The molecule has 0 unspecified atom stereocenters. The van der Waals surface area contributed by atoms with Crippen LogP contribution in [0.25, 0.3) is 0 Å². The number of nitrogens with two attached hydrogens (primary N) is 1. The summed E-state index contributed by atoms with van der Waals surface area (Å²) in [6.45, 7) is 4.83. The molecule has 6 heteroatoms. The van der Waals surface area contributed by atoms with Crippen molar-refractivity contribution < 1.29 is 9.59 Å². The van der Waals surface area contributed by atoms with Gasteiger partial charge in [-0.25, -0.2) is 0 Å². The van der Waals surface area contributed by atoms with E-state index < -0.39 is 0 Å². The van der Waals surface area contributed by atoms with Gasteiger partial charge in [0.15, 0.2) is 0 Å². The molecule has 0 spiro atoms. The normalized spacial score (nSPS) is 10.5. The molecule has 0 aliphatic carbocycles. The van der Waals surface area contributed by atoms with Crippen molar-refractivity contribution >= 4 is 23.6 Å². The topological polar surface area (TPSA) is 75.4 Å². The number of rotatable bonds is 10. The second kappa shape index (κ2) is 10.4. The molecular formula is C11H23N3O2S. The fraction of sp³-hybridized carbons (Fsp3) is 0.818. The summed E-state index contributed by atoms with van der Waals surface area (Å²) in [6, 6.07) is 0. The fourth-order valence-electron chi connectivity index (χ4n) is 1.12. The summed E-state index contributed by atoms with van der Waals surface area (Å²) >= 11 is 1.44. The van der Waals surface area contributed by atoms with Crippen LogP contribution in [0.3, 0.4) is 0 Å². The predicted octanol–water partition coefficient (Wildman–Crippen LogP) is 0.0530. The summed E-state index contributed by atoms with van der Waals surface area (Å²) in [5, 5.41) is 2.85. The average Bonchev–Trinajstić information content (AvgIpc) is 2.29. The van der Waals surface area contributed by atoms with E-state index in [-0.39, 0.29) is 11.8 Å². The molecule has 0 bridgehead atoms. The number of hydrogen-bond acceptors (Lipinski definition) is 4. The Morgan fingerprint density at radius 2 is 2.12 bits per heavy atom. The van der Waals surface area contributed by atoms with Crippen LogP contribution in [0, 0.1) is 0 Å². The highest BCUT2D eigenvalue weighted by Gasteiger charge is 2.02. The van der Waals surface area contributed by atoms with Crippen LogP contribution in [0.15, 0.2) is 0 Å². The summed E-state index contributed by atoms with van der Waals surface area (Å²) in [5.74, 6) is 0.720. The number of nitrogens with zero attached hydrogens (tertiary/aromatic N) is 1. The molecule has 0 atom stereocenters. The molecule has 0 rings (SSSR count). The van der Waals surface area contributed by atoms with Gasteiger partial charge in [-0.15, -0.1) is 0 Å². The van der Waals surface area contributed by atoms with Gasteiger partial charge in [-0.2, -0.15) is 11.8 Å². The van der Waals surface area contributed by atoms with Gasteiger partial charge in [-0.3, -0.25) is 9.59 Å². The van der Waals surface area contributed by atoms with Gasteiger partial charge in [0, 0.05) is 18.7 Å². The van der Waals surface area contributed by atoms with Crippen LogP contribution in [0.4, 0.5) is 0 Å². The van der Waals surface area contributed by atoms with E-state index in [0.717, 1.165) is 19.5 Å². The third-order valence-corrected chi connectivity index (χ3v) is 3.26. The third kappa shape index (κ3) is 11.5. The molecule has 0 saturated heterocycles. The Bertz CT molecular complexity index is 237. The molecule has 5 nitrogen and oxygen atoms in total. The maximum atomic E-state index is 11.3. The first-order valence-corrected chi connectivity index (χ1v) is 7.03. The Hall–Kier alpha value is -0.750. The quantitative estimate of drug-likeness (QED) is 0.545. The number of carbonyl (C=O) groups is 2. The van der Waals surface area contributed by atoms with Crippen molar-refractivity contribution in [2.45, 2.75) is 19.8 Å². The molecule has 3 N–H and O–H groups in total. The first-order chi connectivity index (χ1) is 8.06. The number of nitrogens with one attached hydrogen (secondary N) is 1. The molecule has 0 aromatic rings. The van der Waals surface area contributed by atoms with Crippen LogP contribution in [0.1, 0.15) is 19.8 Å². The van der Waals surface area contributed by atoms with Gasteiger partial charge in [0.2, 0.25) is 11.8 Å². The first kappa shape index (κ1) is 16.2. The Balaban J connectivity index is 3.32. The van der Waals surface area contributed by atoms with Crippen LogP contribution in [0.5, 0.6) is 0 Å². The zero-order valence-electron chi connectivity index (χ0n) is 10.7. The van der Waals surface area contributed by atoms with E-state index in [1.165, 1.54) is 11.8 Å². The standard InChI is InChI=1S/C11H23N3O2S/c1-3-14(2)7-4-6-13-11(16)9-17-8-5-10(12)15/h3-9H2,1-2H3,(H2,12,15)(H,13,16). The second-order valence-corrected chi connectivity index (χ2v) is 4.97. The predicted molar refractivity (Wildman–Crippen MR) is 71.9 cm³/mol. The Morgan fingerprint density at radius 1 is 1.41 bits per heavy atom. The van der Waals surface area contributed by atoms with Gasteiger partial charge < -0.3 is 16.0 Å². The number of primary amides is 1. The second-order valence-electron chi connectivity index (χ2n) is 3.87.